The van der Waals surface area contributed by atoms with Gasteiger partial charge in [-0.2, -0.15) is 5.26 Å². The van der Waals surface area contributed by atoms with Gasteiger partial charge < -0.3 is 18.9 Å². The zero-order valence-corrected chi connectivity index (χ0v) is 19.7. The summed E-state index contributed by atoms with van der Waals surface area (Å²) in [5.41, 5.74) is 2.90. The molecule has 2 aromatic carbocycles. The molecule has 0 saturated carbocycles. The highest BCUT2D eigenvalue weighted by Gasteiger charge is 2.15. The van der Waals surface area contributed by atoms with Crippen LogP contribution in [0.4, 0.5) is 0 Å². The Morgan fingerprint density at radius 1 is 1.03 bits per heavy atom. The molecule has 2 aromatic rings. The maximum atomic E-state index is 11.9. The minimum atomic E-state index is -0.664. The third-order valence-corrected chi connectivity index (χ3v) is 4.92. The first-order chi connectivity index (χ1) is 14.9. The van der Waals surface area contributed by atoms with E-state index in [4.69, 9.17) is 18.9 Å². The Morgan fingerprint density at radius 2 is 1.77 bits per heavy atom. The van der Waals surface area contributed by atoms with Crippen LogP contribution >= 0.6 is 15.9 Å². The van der Waals surface area contributed by atoms with Gasteiger partial charge in [-0.1, -0.05) is 6.07 Å². The predicted octanol–water partition coefficient (Wildman–Crippen LogP) is 5.39. The lowest BCUT2D eigenvalue weighted by Crippen LogP contribution is -2.10. The molecule has 0 N–H and O–H groups in total. The maximum absolute atomic E-state index is 11.9. The van der Waals surface area contributed by atoms with Crippen LogP contribution in [0.2, 0.25) is 0 Å². The number of nitrogens with zero attached hydrogens (tertiary/aromatic N) is 1. The van der Waals surface area contributed by atoms with E-state index < -0.39 is 5.97 Å². The molecule has 31 heavy (non-hydrogen) atoms. The van der Waals surface area contributed by atoms with Crippen LogP contribution in [0, 0.1) is 25.2 Å². The Morgan fingerprint density at radius 3 is 2.42 bits per heavy atom. The largest absolute Gasteiger partial charge is 0.490 e. The van der Waals surface area contributed by atoms with Crippen molar-refractivity contribution in [1.29, 1.82) is 5.26 Å². The molecule has 0 saturated heterocycles. The number of carbonyl (C=O) groups excluding carboxylic acids is 1. The van der Waals surface area contributed by atoms with Crippen molar-refractivity contribution in [3.63, 3.8) is 0 Å². The molecule has 0 atom stereocenters. The van der Waals surface area contributed by atoms with E-state index in [1.807, 2.05) is 38.1 Å². The molecule has 0 unspecified atom stereocenters. The average Bonchev–Trinajstić information content (AvgIpc) is 2.73. The molecule has 0 aliphatic heterocycles. The standard InChI is InChI=1S/C24H26BrNO5/c1-5-28-22-14-18(12-19(15-26)24(27)29-6-2)13-21(25)23(22)31-10-9-30-20-8-7-16(3)17(4)11-20/h7-8,11-14H,5-6,9-10H2,1-4H3/b19-12-. The molecule has 0 amide bonds. The van der Waals surface area contributed by atoms with Crippen LogP contribution < -0.4 is 14.2 Å². The lowest BCUT2D eigenvalue weighted by Gasteiger charge is -2.15. The maximum Gasteiger partial charge on any atom is 0.348 e. The number of hydrogen-bond donors (Lipinski definition) is 0. The SMILES string of the molecule is CCOC(=O)/C(C#N)=C\c1cc(Br)c(OCCOc2ccc(C)c(C)c2)c(OCC)c1. The van der Waals surface area contributed by atoms with Gasteiger partial charge in [-0.3, -0.25) is 0 Å². The Labute approximate surface area is 191 Å². The van der Waals surface area contributed by atoms with E-state index in [0.29, 0.717) is 41.4 Å². The molecular formula is C24H26BrNO5. The minimum absolute atomic E-state index is 0.0911. The molecule has 0 bridgehead atoms. The summed E-state index contributed by atoms with van der Waals surface area (Å²) in [6.07, 6.45) is 1.46. The summed E-state index contributed by atoms with van der Waals surface area (Å²) < 4.78 is 22.9. The van der Waals surface area contributed by atoms with Gasteiger partial charge in [-0.05, 0) is 90.7 Å². The average molecular weight is 488 g/mol. The van der Waals surface area contributed by atoms with Crippen molar-refractivity contribution in [2.45, 2.75) is 27.7 Å². The summed E-state index contributed by atoms with van der Waals surface area (Å²) in [6.45, 7) is 8.95. The number of aryl methyl sites for hydroxylation is 2. The molecule has 164 valence electrons. The number of esters is 1. The van der Waals surface area contributed by atoms with Crippen molar-refractivity contribution >= 4 is 28.0 Å². The van der Waals surface area contributed by atoms with E-state index in [0.717, 1.165) is 5.75 Å². The molecule has 0 aromatic heterocycles. The lowest BCUT2D eigenvalue weighted by atomic mass is 10.1. The second kappa shape index (κ2) is 12.0. The number of nitriles is 1. The Balaban J connectivity index is 2.13. The van der Waals surface area contributed by atoms with Crippen LogP contribution in [0.1, 0.15) is 30.5 Å². The first-order valence-corrected chi connectivity index (χ1v) is 10.8. The van der Waals surface area contributed by atoms with Gasteiger partial charge in [-0.15, -0.1) is 0 Å². The van der Waals surface area contributed by atoms with Gasteiger partial charge in [0.1, 0.15) is 30.6 Å². The number of rotatable bonds is 10. The topological polar surface area (TPSA) is 77.8 Å². The van der Waals surface area contributed by atoms with E-state index in [2.05, 4.69) is 22.9 Å². The van der Waals surface area contributed by atoms with Crippen molar-refractivity contribution in [1.82, 2.24) is 0 Å². The number of ether oxygens (including phenoxy) is 4. The monoisotopic (exact) mass is 487 g/mol. The molecule has 7 heteroatoms. The molecule has 2 rings (SSSR count). The quantitative estimate of drug-likeness (QED) is 0.193. The smallest absolute Gasteiger partial charge is 0.348 e. The summed E-state index contributed by atoms with van der Waals surface area (Å²) in [7, 11) is 0. The normalized spacial score (nSPS) is 10.9. The fourth-order valence-electron chi connectivity index (χ4n) is 2.69. The van der Waals surface area contributed by atoms with Gasteiger partial charge >= 0.3 is 5.97 Å². The van der Waals surface area contributed by atoms with Crippen LogP contribution in [-0.2, 0) is 9.53 Å². The molecular weight excluding hydrogens is 462 g/mol. The molecule has 0 radical (unpaired) electrons. The third kappa shape index (κ3) is 7.04. The molecule has 0 spiro atoms. The van der Waals surface area contributed by atoms with E-state index in [1.165, 1.54) is 17.2 Å². The number of halogens is 1. The number of benzene rings is 2. The Bertz CT molecular complexity index is 994. The first-order valence-electron chi connectivity index (χ1n) is 9.97. The second-order valence-electron chi connectivity index (χ2n) is 6.60. The van der Waals surface area contributed by atoms with Crippen molar-refractivity contribution in [2.24, 2.45) is 0 Å². The highest BCUT2D eigenvalue weighted by Crippen LogP contribution is 2.37. The fourth-order valence-corrected chi connectivity index (χ4v) is 3.27. The van der Waals surface area contributed by atoms with Crippen LogP contribution in [0.25, 0.3) is 6.08 Å². The van der Waals surface area contributed by atoms with Crippen molar-refractivity contribution in [2.75, 3.05) is 26.4 Å². The lowest BCUT2D eigenvalue weighted by molar-refractivity contribution is -0.137. The second-order valence-corrected chi connectivity index (χ2v) is 7.45. The van der Waals surface area contributed by atoms with Gasteiger partial charge in [0.2, 0.25) is 0 Å². The third-order valence-electron chi connectivity index (χ3n) is 4.34. The number of carbonyl (C=O) groups is 1. The van der Waals surface area contributed by atoms with Crippen LogP contribution in [0.5, 0.6) is 17.2 Å². The first kappa shape index (κ1) is 24.3. The summed E-state index contributed by atoms with van der Waals surface area (Å²) in [5, 5.41) is 9.25. The minimum Gasteiger partial charge on any atom is -0.490 e. The molecule has 6 nitrogen and oxygen atoms in total. The molecule has 0 heterocycles. The predicted molar refractivity (Wildman–Crippen MR) is 122 cm³/mol. The summed E-state index contributed by atoms with van der Waals surface area (Å²) >= 11 is 3.49. The van der Waals surface area contributed by atoms with Gasteiger partial charge in [0.15, 0.2) is 11.5 Å². The fraction of sp³-hybridized carbons (Fsp3) is 0.333. The molecule has 0 fully saturated rings. The van der Waals surface area contributed by atoms with Crippen molar-refractivity contribution in [3.8, 4) is 23.3 Å². The van der Waals surface area contributed by atoms with Gasteiger partial charge in [0.25, 0.3) is 0 Å². The van der Waals surface area contributed by atoms with Crippen LogP contribution in [0.15, 0.2) is 40.4 Å². The summed E-state index contributed by atoms with van der Waals surface area (Å²) in [6, 6.07) is 11.3. The molecule has 0 aliphatic carbocycles. The zero-order chi connectivity index (χ0) is 22.8. The highest BCUT2D eigenvalue weighted by atomic mass is 79.9. The van der Waals surface area contributed by atoms with E-state index in [9.17, 15) is 10.1 Å². The van der Waals surface area contributed by atoms with Crippen LogP contribution in [0.3, 0.4) is 0 Å². The van der Waals surface area contributed by atoms with E-state index in [1.54, 1.807) is 19.1 Å². The van der Waals surface area contributed by atoms with Crippen LogP contribution in [-0.4, -0.2) is 32.4 Å². The Hall–Kier alpha value is -2.98. The zero-order valence-electron chi connectivity index (χ0n) is 18.2. The summed E-state index contributed by atoms with van der Waals surface area (Å²) in [5.74, 6) is 1.15. The number of hydrogen-bond acceptors (Lipinski definition) is 6. The van der Waals surface area contributed by atoms with Gasteiger partial charge in [0, 0.05) is 0 Å². The van der Waals surface area contributed by atoms with E-state index >= 15 is 0 Å². The van der Waals surface area contributed by atoms with Crippen molar-refractivity contribution in [3.05, 3.63) is 57.1 Å². The van der Waals surface area contributed by atoms with Gasteiger partial charge in [-0.25, -0.2) is 4.79 Å². The van der Waals surface area contributed by atoms with Gasteiger partial charge in [0.05, 0.1) is 17.7 Å². The van der Waals surface area contributed by atoms with Crippen molar-refractivity contribution < 1.29 is 23.7 Å². The Kier molecular flexibility index (Phi) is 9.41. The highest BCUT2D eigenvalue weighted by molar-refractivity contribution is 9.10. The summed E-state index contributed by atoms with van der Waals surface area (Å²) in [4.78, 5) is 11.9. The van der Waals surface area contributed by atoms with E-state index in [-0.39, 0.29) is 12.2 Å². The molecule has 0 aliphatic rings.